The molecule has 0 amide bonds. The average molecular weight is 324 g/mol. The Balaban J connectivity index is 2.02. The van der Waals surface area contributed by atoms with Gasteiger partial charge in [-0.25, -0.2) is 4.79 Å². The molecule has 3 N–H and O–H groups in total. The van der Waals surface area contributed by atoms with Crippen LogP contribution in [-0.2, 0) is 19.1 Å². The maximum Gasteiger partial charge on any atom is 0.345 e. The topological polar surface area (TPSA) is 120 Å². The van der Waals surface area contributed by atoms with Crippen molar-refractivity contribution in [1.82, 2.24) is 0 Å². The Hall–Kier alpha value is -2.19. The molecule has 0 heterocycles. The summed E-state index contributed by atoms with van der Waals surface area (Å²) in [5, 5.41) is 7.08. The first kappa shape index (κ1) is 16.2. The normalized spacial score (nSPS) is 16.4. The number of nitrogens with two attached hydrogens (primary N) is 1. The van der Waals surface area contributed by atoms with Crippen LogP contribution in [0.4, 0.5) is 0 Å². The molecule has 0 radical (unpaired) electrons. The van der Waals surface area contributed by atoms with E-state index in [1.54, 1.807) is 30.3 Å². The minimum Gasteiger partial charge on any atom is -0.424 e. The Bertz CT molecular complexity index is 718. The van der Waals surface area contributed by atoms with Crippen LogP contribution < -0.4 is 10.5 Å². The van der Waals surface area contributed by atoms with Crippen LogP contribution in [0.2, 0.25) is 0 Å². The molecule has 1 saturated carbocycles. The van der Waals surface area contributed by atoms with Crippen molar-refractivity contribution in [2.24, 2.45) is 5.73 Å². The minimum atomic E-state index is -3.72. The van der Waals surface area contributed by atoms with Crippen LogP contribution in [0.3, 0.4) is 0 Å². The van der Waals surface area contributed by atoms with Crippen molar-refractivity contribution in [3.63, 3.8) is 0 Å². The summed E-state index contributed by atoms with van der Waals surface area (Å²) in [6.45, 7) is 0. The Morgan fingerprint density at radius 1 is 1.32 bits per heavy atom. The van der Waals surface area contributed by atoms with Gasteiger partial charge in [-0.15, -0.1) is 0 Å². The smallest absolute Gasteiger partial charge is 0.345 e. The van der Waals surface area contributed by atoms with Crippen LogP contribution >= 0.6 is 0 Å². The fraction of sp³-hybridized carbons (Fsp3) is 0.286. The lowest BCUT2D eigenvalue weighted by atomic mass is 10.2. The molecule has 7 nitrogen and oxygen atoms in total. The van der Waals surface area contributed by atoms with E-state index in [0.29, 0.717) is 12.8 Å². The first-order valence-corrected chi connectivity index (χ1v) is 8.27. The van der Waals surface area contributed by atoms with Crippen LogP contribution in [0.1, 0.15) is 18.4 Å². The van der Waals surface area contributed by atoms with Gasteiger partial charge in [0.05, 0.1) is 6.26 Å². The van der Waals surface area contributed by atoms with Crippen LogP contribution in [0, 0.1) is 5.41 Å². The highest BCUT2D eigenvalue weighted by molar-refractivity contribution is 7.86. The number of carbonyl (C=O) groups excluding carboxylic acids is 1. The van der Waals surface area contributed by atoms with E-state index in [9.17, 15) is 13.2 Å². The molecule has 8 heteroatoms. The molecule has 0 spiro atoms. The number of hydrogen-bond donors (Lipinski definition) is 2. The van der Waals surface area contributed by atoms with Crippen molar-refractivity contribution < 1.29 is 22.1 Å². The van der Waals surface area contributed by atoms with Gasteiger partial charge in [0, 0.05) is 0 Å². The molecular formula is C14H16N2O5S. The predicted molar refractivity (Wildman–Crippen MR) is 80.9 cm³/mol. The highest BCUT2D eigenvalue weighted by atomic mass is 32.2. The van der Waals surface area contributed by atoms with Crippen LogP contribution in [0.15, 0.2) is 30.3 Å². The van der Waals surface area contributed by atoms with E-state index in [2.05, 4.69) is 0 Å². The molecule has 0 atom stereocenters. The Kier molecular flexibility index (Phi) is 4.34. The summed E-state index contributed by atoms with van der Waals surface area (Å²) in [6.07, 6.45) is 4.61. The summed E-state index contributed by atoms with van der Waals surface area (Å²) < 4.78 is 32.3. The molecule has 1 aliphatic rings. The molecule has 1 fully saturated rings. The Morgan fingerprint density at radius 2 is 1.91 bits per heavy atom. The van der Waals surface area contributed by atoms with Crippen LogP contribution in [0.25, 0.3) is 6.08 Å². The molecule has 118 valence electrons. The lowest BCUT2D eigenvalue weighted by Crippen LogP contribution is -2.32. The third kappa shape index (κ3) is 4.40. The molecule has 0 bridgehead atoms. The molecule has 2 rings (SSSR count). The minimum absolute atomic E-state index is 0.0656. The predicted octanol–water partition coefficient (Wildman–Crippen LogP) is 1.05. The molecule has 0 aromatic heterocycles. The second-order valence-corrected chi connectivity index (χ2v) is 6.60. The zero-order chi connectivity index (χ0) is 16.4. The number of hydrogen-bond acceptors (Lipinski definition) is 6. The second kappa shape index (κ2) is 5.90. The maximum absolute atomic E-state index is 12.0. The molecule has 1 aliphatic carbocycles. The van der Waals surface area contributed by atoms with E-state index in [-0.39, 0.29) is 11.6 Å². The molecule has 22 heavy (non-hydrogen) atoms. The molecule has 0 unspecified atom stereocenters. The summed E-state index contributed by atoms with van der Waals surface area (Å²) >= 11 is 0. The average Bonchev–Trinajstić information content (AvgIpc) is 3.16. The van der Waals surface area contributed by atoms with Crippen molar-refractivity contribution in [3.05, 3.63) is 35.9 Å². The van der Waals surface area contributed by atoms with Gasteiger partial charge in [0.1, 0.15) is 11.6 Å². The summed E-state index contributed by atoms with van der Waals surface area (Å²) in [5.74, 6) is -0.498. The third-order valence-corrected chi connectivity index (χ3v) is 3.55. The number of amidine groups is 1. The number of rotatable bonds is 6. The Morgan fingerprint density at radius 3 is 2.36 bits per heavy atom. The van der Waals surface area contributed by atoms with Gasteiger partial charge in [-0.3, -0.25) is 9.59 Å². The first-order chi connectivity index (χ1) is 10.2. The largest absolute Gasteiger partial charge is 0.424 e. The number of nitrogens with one attached hydrogen (secondary N) is 1. The van der Waals surface area contributed by atoms with Crippen LogP contribution in [0.5, 0.6) is 5.75 Å². The van der Waals surface area contributed by atoms with E-state index in [1.165, 1.54) is 6.08 Å². The first-order valence-electron chi connectivity index (χ1n) is 6.45. The van der Waals surface area contributed by atoms with Gasteiger partial charge in [-0.1, -0.05) is 18.2 Å². The van der Waals surface area contributed by atoms with Crippen molar-refractivity contribution in [3.8, 4) is 5.75 Å². The number of esters is 1. The molecule has 1 aromatic carbocycles. The summed E-state index contributed by atoms with van der Waals surface area (Å²) in [6, 6.07) is 6.49. The zero-order valence-electron chi connectivity index (χ0n) is 11.9. The van der Waals surface area contributed by atoms with E-state index in [0.717, 1.165) is 11.8 Å². The fourth-order valence-electron chi connectivity index (χ4n) is 1.76. The van der Waals surface area contributed by atoms with Gasteiger partial charge in [-0.2, -0.15) is 8.42 Å². The number of benzene rings is 1. The van der Waals surface area contributed by atoms with E-state index >= 15 is 0 Å². The molecule has 0 saturated heterocycles. The van der Waals surface area contributed by atoms with E-state index in [1.807, 2.05) is 0 Å². The number of ether oxygens (including phenoxy) is 1. The second-order valence-electron chi connectivity index (χ2n) is 5.03. The molecule has 0 aliphatic heterocycles. The fourth-order valence-corrected chi connectivity index (χ4v) is 2.57. The monoisotopic (exact) mass is 324 g/mol. The lowest BCUT2D eigenvalue weighted by Gasteiger charge is -2.13. The van der Waals surface area contributed by atoms with Gasteiger partial charge in [-0.05, 0) is 36.6 Å². The lowest BCUT2D eigenvalue weighted by molar-refractivity contribution is -0.144. The quantitative estimate of drug-likeness (QED) is 0.265. The third-order valence-electron chi connectivity index (χ3n) is 2.93. The maximum atomic E-state index is 12.0. The van der Waals surface area contributed by atoms with Gasteiger partial charge in [0.25, 0.3) is 10.1 Å². The van der Waals surface area contributed by atoms with E-state index < -0.39 is 21.7 Å². The zero-order valence-corrected chi connectivity index (χ0v) is 12.7. The summed E-state index contributed by atoms with van der Waals surface area (Å²) in [7, 11) is -3.72. The van der Waals surface area contributed by atoms with Crippen molar-refractivity contribution in [1.29, 1.82) is 5.41 Å². The Labute approximate surface area is 128 Å². The van der Waals surface area contributed by atoms with E-state index in [4.69, 9.17) is 20.1 Å². The van der Waals surface area contributed by atoms with Crippen molar-refractivity contribution in [2.45, 2.75) is 18.4 Å². The van der Waals surface area contributed by atoms with Gasteiger partial charge in [0.2, 0.25) is 0 Å². The highest BCUT2D eigenvalue weighted by Gasteiger charge is 2.56. The van der Waals surface area contributed by atoms with Gasteiger partial charge in [0.15, 0.2) is 5.60 Å². The van der Waals surface area contributed by atoms with Crippen LogP contribution in [-0.4, -0.2) is 32.1 Å². The van der Waals surface area contributed by atoms with Gasteiger partial charge >= 0.3 is 5.97 Å². The number of carbonyl (C=O) groups is 1. The highest BCUT2D eigenvalue weighted by Crippen LogP contribution is 2.42. The summed E-state index contributed by atoms with van der Waals surface area (Å²) in [4.78, 5) is 12.0. The van der Waals surface area contributed by atoms with Crippen molar-refractivity contribution in [2.75, 3.05) is 6.26 Å². The summed E-state index contributed by atoms with van der Waals surface area (Å²) in [5.41, 5.74) is 4.61. The SMILES string of the molecule is CS(=O)(=O)OC1(C(=O)Oc2ccc(C=CC(=N)N)cc2)CC1. The molecular weight excluding hydrogens is 308 g/mol. The molecule has 1 aromatic rings. The standard InChI is InChI=1S/C14H16N2O5S/c1-22(18,19)21-14(8-9-14)13(17)20-11-5-2-10(3-6-11)4-7-12(15)16/h2-7H,8-9H2,1H3,(H3,15,16). The van der Waals surface area contributed by atoms with Crippen molar-refractivity contribution >= 4 is 28.0 Å². The van der Waals surface area contributed by atoms with Gasteiger partial charge < -0.3 is 10.5 Å².